The topological polar surface area (TPSA) is 61.9 Å². The average molecular weight is 244 g/mol. The van der Waals surface area contributed by atoms with E-state index in [9.17, 15) is 4.79 Å². The van der Waals surface area contributed by atoms with Gasteiger partial charge in [0, 0.05) is 12.6 Å². The van der Waals surface area contributed by atoms with Crippen LogP contribution in [0.15, 0.2) is 24.5 Å². The zero-order valence-corrected chi connectivity index (χ0v) is 10.8. The van der Waals surface area contributed by atoms with Gasteiger partial charge < -0.3 is 4.90 Å². The summed E-state index contributed by atoms with van der Waals surface area (Å²) in [5, 5.41) is 6.51. The van der Waals surface area contributed by atoms with Crippen LogP contribution in [0.1, 0.15) is 27.3 Å². The van der Waals surface area contributed by atoms with Gasteiger partial charge in [-0.3, -0.25) is 9.89 Å². The lowest BCUT2D eigenvalue weighted by Crippen LogP contribution is -2.27. The van der Waals surface area contributed by atoms with Gasteiger partial charge in [0.2, 0.25) is 0 Å². The van der Waals surface area contributed by atoms with Gasteiger partial charge in [-0.25, -0.2) is 4.98 Å². The molecule has 0 saturated heterocycles. The maximum absolute atomic E-state index is 12.3. The van der Waals surface area contributed by atoms with Crippen LogP contribution in [0.25, 0.3) is 0 Å². The molecule has 2 rings (SSSR count). The van der Waals surface area contributed by atoms with Crippen molar-refractivity contribution in [2.24, 2.45) is 0 Å². The summed E-state index contributed by atoms with van der Waals surface area (Å²) in [4.78, 5) is 17.9. The highest BCUT2D eigenvalue weighted by atomic mass is 16.2. The van der Waals surface area contributed by atoms with Crippen LogP contribution in [0.3, 0.4) is 0 Å². The molecule has 0 radical (unpaired) electrons. The Hall–Kier alpha value is -2.17. The Morgan fingerprint density at radius 1 is 1.39 bits per heavy atom. The van der Waals surface area contributed by atoms with Gasteiger partial charge >= 0.3 is 0 Å². The van der Waals surface area contributed by atoms with Gasteiger partial charge in [-0.05, 0) is 31.0 Å². The number of hydrogen-bond acceptors (Lipinski definition) is 3. The molecule has 0 atom stereocenters. The van der Waals surface area contributed by atoms with Gasteiger partial charge in [-0.15, -0.1) is 0 Å². The van der Waals surface area contributed by atoms with Crippen LogP contribution in [0, 0.1) is 13.8 Å². The van der Waals surface area contributed by atoms with Crippen molar-refractivity contribution in [1.29, 1.82) is 0 Å². The minimum absolute atomic E-state index is 0.00685. The fourth-order valence-electron chi connectivity index (χ4n) is 1.79. The Morgan fingerprint density at radius 2 is 2.17 bits per heavy atom. The third-order valence-electron chi connectivity index (χ3n) is 3.03. The van der Waals surface area contributed by atoms with E-state index in [0.717, 1.165) is 16.7 Å². The lowest BCUT2D eigenvalue weighted by molar-refractivity contribution is 0.0781. The molecule has 0 aliphatic carbocycles. The highest BCUT2D eigenvalue weighted by Crippen LogP contribution is 2.15. The standard InChI is InChI=1S/C13H16N4O/c1-9-5-4-6-11(10(9)2)13(18)17(3)7-12-14-8-15-16-12/h4-6,8H,7H2,1-3H3,(H,14,15,16). The molecule has 0 unspecified atom stereocenters. The van der Waals surface area contributed by atoms with Crippen LogP contribution in [0.2, 0.25) is 0 Å². The van der Waals surface area contributed by atoms with Crippen LogP contribution < -0.4 is 0 Å². The van der Waals surface area contributed by atoms with Crippen molar-refractivity contribution in [2.75, 3.05) is 7.05 Å². The Labute approximate surface area is 106 Å². The molecule has 5 nitrogen and oxygen atoms in total. The van der Waals surface area contributed by atoms with E-state index in [1.165, 1.54) is 6.33 Å². The number of nitrogens with one attached hydrogen (secondary N) is 1. The van der Waals surface area contributed by atoms with Crippen molar-refractivity contribution in [2.45, 2.75) is 20.4 Å². The molecule has 94 valence electrons. The van der Waals surface area contributed by atoms with Crippen molar-refractivity contribution in [3.63, 3.8) is 0 Å². The normalized spacial score (nSPS) is 10.4. The van der Waals surface area contributed by atoms with Crippen molar-refractivity contribution >= 4 is 5.91 Å². The zero-order chi connectivity index (χ0) is 13.1. The zero-order valence-electron chi connectivity index (χ0n) is 10.8. The molecule has 1 heterocycles. The number of aromatic nitrogens is 3. The highest BCUT2D eigenvalue weighted by molar-refractivity contribution is 5.95. The minimum Gasteiger partial charge on any atom is -0.334 e. The van der Waals surface area contributed by atoms with E-state index < -0.39 is 0 Å². The molecule has 0 saturated carbocycles. The molecule has 1 N–H and O–H groups in total. The molecule has 1 aromatic carbocycles. The molecule has 0 fully saturated rings. The second-order valence-corrected chi connectivity index (χ2v) is 4.34. The second kappa shape index (κ2) is 5.00. The number of benzene rings is 1. The monoisotopic (exact) mass is 244 g/mol. The summed E-state index contributed by atoms with van der Waals surface area (Å²) in [5.41, 5.74) is 2.87. The SMILES string of the molecule is Cc1cccc(C(=O)N(C)Cc2ncn[nH]2)c1C. The van der Waals surface area contributed by atoms with E-state index in [4.69, 9.17) is 0 Å². The van der Waals surface area contributed by atoms with E-state index in [2.05, 4.69) is 15.2 Å². The summed E-state index contributed by atoms with van der Waals surface area (Å²) in [5.74, 6) is 0.670. The van der Waals surface area contributed by atoms with Crippen LogP contribution >= 0.6 is 0 Å². The summed E-state index contributed by atoms with van der Waals surface area (Å²) < 4.78 is 0. The minimum atomic E-state index is -0.00685. The van der Waals surface area contributed by atoms with Gasteiger partial charge in [0.15, 0.2) is 0 Å². The van der Waals surface area contributed by atoms with Crippen LogP contribution in [0.4, 0.5) is 0 Å². The second-order valence-electron chi connectivity index (χ2n) is 4.34. The number of H-pyrrole nitrogens is 1. The smallest absolute Gasteiger partial charge is 0.254 e. The number of aromatic amines is 1. The maximum Gasteiger partial charge on any atom is 0.254 e. The Balaban J connectivity index is 2.18. The average Bonchev–Trinajstić information content (AvgIpc) is 2.84. The first-order valence-corrected chi connectivity index (χ1v) is 5.75. The van der Waals surface area contributed by atoms with E-state index in [1.54, 1.807) is 11.9 Å². The van der Waals surface area contributed by atoms with Crippen LogP contribution in [-0.2, 0) is 6.54 Å². The molecular formula is C13H16N4O. The van der Waals surface area contributed by atoms with Crippen LogP contribution in [-0.4, -0.2) is 33.0 Å². The summed E-state index contributed by atoms with van der Waals surface area (Å²) >= 11 is 0. The number of rotatable bonds is 3. The van der Waals surface area contributed by atoms with E-state index >= 15 is 0 Å². The number of nitrogens with zero attached hydrogens (tertiary/aromatic N) is 3. The fourth-order valence-corrected chi connectivity index (χ4v) is 1.79. The molecule has 0 bridgehead atoms. The molecule has 0 spiro atoms. The Kier molecular flexibility index (Phi) is 3.41. The largest absolute Gasteiger partial charge is 0.334 e. The number of amides is 1. The number of carbonyl (C=O) groups excluding carboxylic acids is 1. The van der Waals surface area contributed by atoms with Crippen molar-refractivity contribution in [3.8, 4) is 0 Å². The van der Waals surface area contributed by atoms with Gasteiger partial charge in [0.25, 0.3) is 5.91 Å². The fraction of sp³-hybridized carbons (Fsp3) is 0.308. The van der Waals surface area contributed by atoms with Crippen molar-refractivity contribution in [3.05, 3.63) is 47.0 Å². The molecule has 5 heteroatoms. The molecule has 0 aliphatic heterocycles. The van der Waals surface area contributed by atoms with Gasteiger partial charge in [-0.2, -0.15) is 5.10 Å². The third kappa shape index (κ3) is 2.40. The first-order valence-electron chi connectivity index (χ1n) is 5.75. The third-order valence-corrected chi connectivity index (χ3v) is 3.03. The van der Waals surface area contributed by atoms with E-state index in [1.807, 2.05) is 32.0 Å². The molecule has 2 aromatic rings. The van der Waals surface area contributed by atoms with Crippen molar-refractivity contribution in [1.82, 2.24) is 20.1 Å². The first-order chi connectivity index (χ1) is 8.59. The first kappa shape index (κ1) is 12.3. The maximum atomic E-state index is 12.3. The highest BCUT2D eigenvalue weighted by Gasteiger charge is 2.15. The molecule has 1 amide bonds. The molecule has 18 heavy (non-hydrogen) atoms. The summed E-state index contributed by atoms with van der Waals surface area (Å²) in [6, 6.07) is 5.75. The lowest BCUT2D eigenvalue weighted by atomic mass is 10.0. The molecular weight excluding hydrogens is 228 g/mol. The molecule has 0 aliphatic rings. The summed E-state index contributed by atoms with van der Waals surface area (Å²) in [6.07, 6.45) is 1.44. The number of hydrogen-bond donors (Lipinski definition) is 1. The quantitative estimate of drug-likeness (QED) is 0.893. The number of carbonyl (C=O) groups is 1. The van der Waals surface area contributed by atoms with Gasteiger partial charge in [0.1, 0.15) is 12.2 Å². The Bertz CT molecular complexity index is 548. The molecule has 1 aromatic heterocycles. The lowest BCUT2D eigenvalue weighted by Gasteiger charge is -2.17. The summed E-state index contributed by atoms with van der Waals surface area (Å²) in [6.45, 7) is 4.39. The van der Waals surface area contributed by atoms with E-state index in [0.29, 0.717) is 12.4 Å². The van der Waals surface area contributed by atoms with Crippen molar-refractivity contribution < 1.29 is 4.79 Å². The van der Waals surface area contributed by atoms with E-state index in [-0.39, 0.29) is 5.91 Å². The predicted molar refractivity (Wildman–Crippen MR) is 68.1 cm³/mol. The Morgan fingerprint density at radius 3 is 2.83 bits per heavy atom. The van der Waals surface area contributed by atoms with Crippen LogP contribution in [0.5, 0.6) is 0 Å². The summed E-state index contributed by atoms with van der Waals surface area (Å²) in [7, 11) is 1.76. The number of aryl methyl sites for hydroxylation is 1. The van der Waals surface area contributed by atoms with Gasteiger partial charge in [-0.1, -0.05) is 12.1 Å². The van der Waals surface area contributed by atoms with Gasteiger partial charge in [0.05, 0.1) is 6.54 Å². The predicted octanol–water partition coefficient (Wildman–Crippen LogP) is 1.69.